The number of nitrogens with one attached hydrogen (secondary N) is 1. The fourth-order valence-corrected chi connectivity index (χ4v) is 2.78. The minimum absolute atomic E-state index is 0. The van der Waals surface area contributed by atoms with Gasteiger partial charge in [-0.05, 0) is 49.2 Å². The van der Waals surface area contributed by atoms with Crippen LogP contribution in [0.25, 0.3) is 0 Å². The zero-order valence-electron chi connectivity index (χ0n) is 14.6. The first-order valence-electron chi connectivity index (χ1n) is 8.36. The molecular formula is C19H26Cl3N3O. The first kappa shape index (κ1) is 24.7. The first-order chi connectivity index (χ1) is 11.7. The molecule has 1 amide bonds. The van der Waals surface area contributed by atoms with E-state index in [2.05, 4.69) is 10.3 Å². The maximum Gasteiger partial charge on any atom is 0.220 e. The fraction of sp³-hybridized carbons (Fsp3) is 0.368. The van der Waals surface area contributed by atoms with Gasteiger partial charge in [0.25, 0.3) is 0 Å². The van der Waals surface area contributed by atoms with E-state index in [1.54, 1.807) is 6.20 Å². The molecule has 1 aromatic carbocycles. The van der Waals surface area contributed by atoms with Crippen LogP contribution in [0.2, 0.25) is 5.02 Å². The minimum atomic E-state index is -0.290. The van der Waals surface area contributed by atoms with E-state index < -0.39 is 0 Å². The standard InChI is InChI=1S/C19H24ClN3O.2ClH/c20-16-9-7-8-15(14-16)19(17-10-4-6-13-22-17)23-18(24)11-3-1-2-5-12-21;;/h4,6-10,13-14,19H,1-3,5,11-12,21H2,(H,23,24);2*1H. The fourth-order valence-electron chi connectivity index (χ4n) is 2.58. The number of carbonyl (C=O) groups excluding carboxylic acids is 1. The summed E-state index contributed by atoms with van der Waals surface area (Å²) in [5, 5.41) is 3.73. The number of unbranched alkanes of at least 4 members (excludes halogenated alkanes) is 3. The van der Waals surface area contributed by atoms with E-state index in [1.165, 1.54) is 0 Å². The number of halogens is 3. The highest BCUT2D eigenvalue weighted by atomic mass is 35.5. The molecule has 1 heterocycles. The Hall–Kier alpha value is -1.33. The van der Waals surface area contributed by atoms with Crippen molar-refractivity contribution in [1.29, 1.82) is 0 Å². The predicted molar refractivity (Wildman–Crippen MR) is 112 cm³/mol. The number of benzene rings is 1. The van der Waals surface area contributed by atoms with Gasteiger partial charge in [-0.25, -0.2) is 0 Å². The van der Waals surface area contributed by atoms with Gasteiger partial charge < -0.3 is 11.1 Å². The average Bonchev–Trinajstić information content (AvgIpc) is 2.60. The van der Waals surface area contributed by atoms with Crippen molar-refractivity contribution in [2.45, 2.75) is 38.1 Å². The number of hydrogen-bond acceptors (Lipinski definition) is 3. The third-order valence-corrected chi connectivity index (χ3v) is 4.06. The zero-order valence-corrected chi connectivity index (χ0v) is 17.0. The maximum atomic E-state index is 12.3. The number of nitrogens with two attached hydrogens (primary N) is 1. The van der Waals surface area contributed by atoms with Crippen molar-refractivity contribution >= 4 is 42.3 Å². The molecule has 0 aliphatic carbocycles. The molecule has 0 radical (unpaired) electrons. The van der Waals surface area contributed by atoms with Crippen LogP contribution in [0.5, 0.6) is 0 Å². The molecule has 3 N–H and O–H groups in total. The first-order valence-corrected chi connectivity index (χ1v) is 8.74. The van der Waals surface area contributed by atoms with Gasteiger partial charge in [0.1, 0.15) is 0 Å². The van der Waals surface area contributed by atoms with Gasteiger partial charge in [-0.1, -0.05) is 42.6 Å². The molecule has 0 fully saturated rings. The lowest BCUT2D eigenvalue weighted by Gasteiger charge is -2.19. The number of carbonyl (C=O) groups is 1. The third-order valence-electron chi connectivity index (χ3n) is 3.83. The van der Waals surface area contributed by atoms with Crippen LogP contribution >= 0.6 is 36.4 Å². The zero-order chi connectivity index (χ0) is 17.2. The van der Waals surface area contributed by atoms with Gasteiger partial charge in [-0.2, -0.15) is 0 Å². The molecule has 1 unspecified atom stereocenters. The highest BCUT2D eigenvalue weighted by Crippen LogP contribution is 2.23. The number of pyridine rings is 1. The van der Waals surface area contributed by atoms with Crippen LogP contribution in [-0.2, 0) is 4.79 Å². The van der Waals surface area contributed by atoms with Crippen molar-refractivity contribution in [3.05, 3.63) is 64.9 Å². The van der Waals surface area contributed by atoms with E-state index in [1.807, 2.05) is 42.5 Å². The van der Waals surface area contributed by atoms with Gasteiger partial charge in [0.2, 0.25) is 5.91 Å². The van der Waals surface area contributed by atoms with Gasteiger partial charge >= 0.3 is 0 Å². The monoisotopic (exact) mass is 417 g/mol. The number of amides is 1. The smallest absolute Gasteiger partial charge is 0.220 e. The van der Waals surface area contributed by atoms with Crippen molar-refractivity contribution < 1.29 is 4.79 Å². The van der Waals surface area contributed by atoms with Crippen LogP contribution in [-0.4, -0.2) is 17.4 Å². The molecule has 1 atom stereocenters. The van der Waals surface area contributed by atoms with Crippen molar-refractivity contribution in [1.82, 2.24) is 10.3 Å². The molecule has 0 saturated heterocycles. The Morgan fingerprint density at radius 3 is 2.50 bits per heavy atom. The van der Waals surface area contributed by atoms with Crippen LogP contribution in [0, 0.1) is 0 Å². The summed E-state index contributed by atoms with van der Waals surface area (Å²) in [5.41, 5.74) is 7.21. The van der Waals surface area contributed by atoms with Gasteiger partial charge in [-0.3, -0.25) is 9.78 Å². The lowest BCUT2D eigenvalue weighted by molar-refractivity contribution is -0.121. The molecule has 0 aliphatic heterocycles. The second-order valence-corrected chi connectivity index (χ2v) is 6.20. The normalized spacial score (nSPS) is 11.0. The Balaban J connectivity index is 0.00000312. The van der Waals surface area contributed by atoms with E-state index in [9.17, 15) is 4.79 Å². The van der Waals surface area contributed by atoms with E-state index in [0.29, 0.717) is 18.0 Å². The molecule has 0 aliphatic rings. The van der Waals surface area contributed by atoms with Crippen LogP contribution in [0.1, 0.15) is 49.4 Å². The summed E-state index contributed by atoms with van der Waals surface area (Å²) in [7, 11) is 0. The Morgan fingerprint density at radius 2 is 1.85 bits per heavy atom. The van der Waals surface area contributed by atoms with Crippen molar-refractivity contribution in [3.63, 3.8) is 0 Å². The molecule has 2 rings (SSSR count). The third kappa shape index (κ3) is 8.37. The lowest BCUT2D eigenvalue weighted by Crippen LogP contribution is -2.29. The number of nitrogens with zero attached hydrogens (tertiary/aromatic N) is 1. The molecule has 144 valence electrons. The largest absolute Gasteiger partial charge is 0.344 e. The highest BCUT2D eigenvalue weighted by molar-refractivity contribution is 6.30. The Morgan fingerprint density at radius 1 is 1.08 bits per heavy atom. The molecule has 26 heavy (non-hydrogen) atoms. The summed E-state index contributed by atoms with van der Waals surface area (Å²) in [6.45, 7) is 0.711. The molecule has 2 aromatic rings. The molecule has 0 bridgehead atoms. The molecule has 0 saturated carbocycles. The minimum Gasteiger partial charge on any atom is -0.344 e. The summed E-state index contributed by atoms with van der Waals surface area (Å²) in [6, 6.07) is 12.9. The summed E-state index contributed by atoms with van der Waals surface area (Å²) in [4.78, 5) is 16.7. The topological polar surface area (TPSA) is 68.0 Å². The van der Waals surface area contributed by atoms with Crippen LogP contribution in [0.3, 0.4) is 0 Å². The van der Waals surface area contributed by atoms with Crippen LogP contribution in [0.15, 0.2) is 48.7 Å². The Bertz CT molecular complexity index is 641. The Labute approximate surface area is 172 Å². The van der Waals surface area contributed by atoms with Gasteiger partial charge in [0, 0.05) is 17.6 Å². The molecule has 0 spiro atoms. The number of rotatable bonds is 9. The maximum absolute atomic E-state index is 12.3. The highest BCUT2D eigenvalue weighted by Gasteiger charge is 2.18. The molecule has 7 heteroatoms. The lowest BCUT2D eigenvalue weighted by atomic mass is 10.0. The van der Waals surface area contributed by atoms with E-state index >= 15 is 0 Å². The van der Waals surface area contributed by atoms with Crippen LogP contribution in [0.4, 0.5) is 0 Å². The van der Waals surface area contributed by atoms with Crippen molar-refractivity contribution in [2.75, 3.05) is 6.54 Å². The van der Waals surface area contributed by atoms with Gasteiger partial charge in [0.05, 0.1) is 11.7 Å². The predicted octanol–water partition coefficient (Wildman–Crippen LogP) is 4.69. The summed E-state index contributed by atoms with van der Waals surface area (Å²) >= 11 is 6.10. The molecule has 1 aromatic heterocycles. The van der Waals surface area contributed by atoms with E-state index in [-0.39, 0.29) is 36.8 Å². The second-order valence-electron chi connectivity index (χ2n) is 5.76. The Kier molecular flexibility index (Phi) is 13.1. The number of hydrogen-bond donors (Lipinski definition) is 2. The second kappa shape index (κ2) is 13.8. The van der Waals surface area contributed by atoms with Gasteiger partial charge in [-0.15, -0.1) is 24.8 Å². The molecule has 4 nitrogen and oxygen atoms in total. The van der Waals surface area contributed by atoms with Gasteiger partial charge in [0.15, 0.2) is 0 Å². The van der Waals surface area contributed by atoms with E-state index in [4.69, 9.17) is 17.3 Å². The van der Waals surface area contributed by atoms with Crippen LogP contribution < -0.4 is 11.1 Å². The SMILES string of the molecule is Cl.Cl.NCCCCCCC(=O)NC(c1cccc(Cl)c1)c1ccccn1. The van der Waals surface area contributed by atoms with Crippen molar-refractivity contribution in [3.8, 4) is 0 Å². The molecular weight excluding hydrogens is 393 g/mol. The summed E-state index contributed by atoms with van der Waals surface area (Å²) < 4.78 is 0. The average molecular weight is 419 g/mol. The number of aromatic nitrogens is 1. The quantitative estimate of drug-likeness (QED) is 0.580. The van der Waals surface area contributed by atoms with E-state index in [0.717, 1.165) is 36.9 Å². The summed E-state index contributed by atoms with van der Waals surface area (Å²) in [5.74, 6) is 0.0263. The van der Waals surface area contributed by atoms with Crippen molar-refractivity contribution in [2.24, 2.45) is 5.73 Å². The summed E-state index contributed by atoms with van der Waals surface area (Å²) in [6.07, 6.45) is 6.22.